The maximum absolute atomic E-state index is 5.25. The molecule has 0 unspecified atom stereocenters. The summed E-state index contributed by atoms with van der Waals surface area (Å²) in [5, 5.41) is 1.21. The fraction of sp³-hybridized carbons (Fsp3) is 0.273. The van der Waals surface area contributed by atoms with Gasteiger partial charge < -0.3 is 4.42 Å². The molecule has 1 nitrogen and oxygen atoms in total. The van der Waals surface area contributed by atoms with Gasteiger partial charge in [-0.05, 0) is 60.6 Å². The second-order valence-electron chi connectivity index (χ2n) is 8.84. The molecule has 4 aromatic rings. The van der Waals surface area contributed by atoms with Gasteiger partial charge in [-0.1, -0.05) is 118 Å². The largest absolute Gasteiger partial charge is 0.464 e. The van der Waals surface area contributed by atoms with Crippen molar-refractivity contribution in [3.05, 3.63) is 120 Å². The van der Waals surface area contributed by atoms with E-state index in [-0.39, 0.29) is 5.41 Å². The Kier molecular flexibility index (Phi) is 8.34. The average Bonchev–Trinajstić information content (AvgIpc) is 3.41. The summed E-state index contributed by atoms with van der Waals surface area (Å²) in [5.74, 6) is 0.499. The molecule has 1 aliphatic carbocycles. The van der Waals surface area contributed by atoms with E-state index in [0.717, 1.165) is 5.58 Å². The Morgan fingerprint density at radius 1 is 0.824 bits per heavy atom. The van der Waals surface area contributed by atoms with Crippen LogP contribution in [0.15, 0.2) is 107 Å². The molecule has 0 atom stereocenters. The molecule has 1 heterocycles. The molecule has 176 valence electrons. The standard InChI is InChI=1S/C22H24.C9H8O.C2H6/c1-5-6-11-17(4)22(16(2)3)20-14-9-7-12-18(20)19-13-8-10-15-21(19)22;1-7-6-10-9-5-3-2-4-8(7)9;1-2/h5-16H,1-4H3;2-6H,1H3;1-2H3/b6-5-,17-11+;;. The first-order valence-corrected chi connectivity index (χ1v) is 12.4. The first-order chi connectivity index (χ1) is 16.5. The average molecular weight is 451 g/mol. The van der Waals surface area contributed by atoms with Gasteiger partial charge in [0, 0.05) is 10.8 Å². The number of hydrogen-bond donors (Lipinski definition) is 0. The highest BCUT2D eigenvalue weighted by atomic mass is 16.3. The summed E-state index contributed by atoms with van der Waals surface area (Å²) in [6.45, 7) is 15.1. The van der Waals surface area contributed by atoms with Crippen LogP contribution >= 0.6 is 0 Å². The van der Waals surface area contributed by atoms with Gasteiger partial charge in [0.2, 0.25) is 0 Å². The molecule has 0 radical (unpaired) electrons. The van der Waals surface area contributed by atoms with Crippen molar-refractivity contribution in [2.45, 2.75) is 53.9 Å². The molecule has 3 aromatic carbocycles. The van der Waals surface area contributed by atoms with Crippen molar-refractivity contribution in [2.75, 3.05) is 0 Å². The van der Waals surface area contributed by atoms with Crippen LogP contribution in [0.3, 0.4) is 0 Å². The van der Waals surface area contributed by atoms with Gasteiger partial charge in [-0.3, -0.25) is 0 Å². The third-order valence-electron chi connectivity index (χ3n) is 6.70. The van der Waals surface area contributed by atoms with Crippen molar-refractivity contribution in [3.63, 3.8) is 0 Å². The Labute approximate surface area is 205 Å². The Morgan fingerprint density at radius 2 is 1.35 bits per heavy atom. The van der Waals surface area contributed by atoms with Crippen LogP contribution in [0.2, 0.25) is 0 Å². The van der Waals surface area contributed by atoms with Crippen LogP contribution in [0.5, 0.6) is 0 Å². The van der Waals surface area contributed by atoms with Crippen molar-refractivity contribution in [3.8, 4) is 11.1 Å². The number of fused-ring (bicyclic) bond motifs is 4. The second kappa shape index (κ2) is 11.2. The lowest BCUT2D eigenvalue weighted by molar-refractivity contribution is 0.438. The van der Waals surface area contributed by atoms with E-state index in [0.29, 0.717) is 5.92 Å². The molecule has 0 saturated carbocycles. The third kappa shape index (κ3) is 4.40. The molecular weight excluding hydrogens is 412 g/mol. The highest BCUT2D eigenvalue weighted by molar-refractivity contribution is 5.83. The minimum Gasteiger partial charge on any atom is -0.464 e. The van der Waals surface area contributed by atoms with E-state index in [1.165, 1.54) is 38.8 Å². The topological polar surface area (TPSA) is 13.1 Å². The first kappa shape index (κ1) is 25.3. The van der Waals surface area contributed by atoms with Crippen LogP contribution in [0.1, 0.15) is 58.2 Å². The molecule has 0 spiro atoms. The molecule has 1 aromatic heterocycles. The summed E-state index contributed by atoms with van der Waals surface area (Å²) in [5.41, 5.74) is 9.25. The lowest BCUT2D eigenvalue weighted by atomic mass is 9.65. The Hall–Kier alpha value is -3.32. The summed E-state index contributed by atoms with van der Waals surface area (Å²) < 4.78 is 5.25. The number of rotatable bonds is 3. The predicted octanol–water partition coefficient (Wildman–Crippen LogP) is 9.90. The molecule has 0 N–H and O–H groups in total. The van der Waals surface area contributed by atoms with Crippen LogP contribution in [-0.2, 0) is 5.41 Å². The normalized spacial score (nSPS) is 13.7. The van der Waals surface area contributed by atoms with E-state index < -0.39 is 0 Å². The molecule has 1 heteroatoms. The monoisotopic (exact) mass is 450 g/mol. The van der Waals surface area contributed by atoms with Crippen molar-refractivity contribution in [1.82, 2.24) is 0 Å². The fourth-order valence-corrected chi connectivity index (χ4v) is 5.25. The highest BCUT2D eigenvalue weighted by Gasteiger charge is 2.46. The zero-order valence-corrected chi connectivity index (χ0v) is 21.7. The summed E-state index contributed by atoms with van der Waals surface area (Å²) >= 11 is 0. The van der Waals surface area contributed by atoms with Gasteiger partial charge in [-0.15, -0.1) is 0 Å². The molecule has 1 aliphatic rings. The van der Waals surface area contributed by atoms with Crippen LogP contribution < -0.4 is 0 Å². The Bertz CT molecular complexity index is 1240. The quantitative estimate of drug-likeness (QED) is 0.283. The Morgan fingerprint density at radius 3 is 1.88 bits per heavy atom. The van der Waals surface area contributed by atoms with Crippen LogP contribution in [-0.4, -0.2) is 0 Å². The number of allylic oxidation sites excluding steroid dienone is 4. The SMILES string of the molecule is C/C=C\C=C(/C)C1(C(C)C)c2ccccc2-c2ccccc21.CC.Cc1coc2ccccc12. The number of aryl methyl sites for hydroxylation is 1. The first-order valence-electron chi connectivity index (χ1n) is 12.4. The van der Waals surface area contributed by atoms with Gasteiger partial charge in [-0.2, -0.15) is 0 Å². The summed E-state index contributed by atoms with van der Waals surface area (Å²) in [6, 6.07) is 25.8. The molecular formula is C33H38O. The maximum Gasteiger partial charge on any atom is 0.134 e. The second-order valence-corrected chi connectivity index (χ2v) is 8.84. The zero-order chi connectivity index (χ0) is 24.7. The van der Waals surface area contributed by atoms with Crippen molar-refractivity contribution < 1.29 is 4.42 Å². The minimum absolute atomic E-state index is 0.0211. The molecule has 0 saturated heterocycles. The van der Waals surface area contributed by atoms with Gasteiger partial charge >= 0.3 is 0 Å². The lowest BCUT2D eigenvalue weighted by Crippen LogP contribution is -2.33. The number of benzene rings is 3. The molecule has 0 amide bonds. The van der Waals surface area contributed by atoms with Crippen LogP contribution in [0.4, 0.5) is 0 Å². The van der Waals surface area contributed by atoms with Crippen molar-refractivity contribution in [1.29, 1.82) is 0 Å². The van der Waals surface area contributed by atoms with Crippen molar-refractivity contribution in [2.24, 2.45) is 5.92 Å². The van der Waals surface area contributed by atoms with E-state index in [4.69, 9.17) is 4.42 Å². The molecule has 0 bridgehead atoms. The highest BCUT2D eigenvalue weighted by Crippen LogP contribution is 2.56. The zero-order valence-electron chi connectivity index (χ0n) is 21.7. The van der Waals surface area contributed by atoms with E-state index in [9.17, 15) is 0 Å². The summed E-state index contributed by atoms with van der Waals surface area (Å²) in [6.07, 6.45) is 8.32. The van der Waals surface area contributed by atoms with E-state index in [1.807, 2.05) is 39.0 Å². The summed E-state index contributed by atoms with van der Waals surface area (Å²) in [7, 11) is 0. The van der Waals surface area contributed by atoms with Gasteiger partial charge in [0.25, 0.3) is 0 Å². The molecule has 5 rings (SSSR count). The molecule has 0 aliphatic heterocycles. The van der Waals surface area contributed by atoms with E-state index >= 15 is 0 Å². The smallest absolute Gasteiger partial charge is 0.134 e. The van der Waals surface area contributed by atoms with Gasteiger partial charge in [0.1, 0.15) is 5.58 Å². The lowest BCUT2D eigenvalue weighted by Gasteiger charge is -2.37. The minimum atomic E-state index is -0.0211. The van der Waals surface area contributed by atoms with Gasteiger partial charge in [0.05, 0.1) is 6.26 Å². The Balaban J connectivity index is 0.000000224. The van der Waals surface area contributed by atoms with Crippen LogP contribution in [0, 0.1) is 12.8 Å². The molecule has 34 heavy (non-hydrogen) atoms. The predicted molar refractivity (Wildman–Crippen MR) is 148 cm³/mol. The van der Waals surface area contributed by atoms with Gasteiger partial charge in [-0.25, -0.2) is 0 Å². The number of para-hydroxylation sites is 1. The maximum atomic E-state index is 5.25. The van der Waals surface area contributed by atoms with E-state index in [2.05, 4.69) is 101 Å². The van der Waals surface area contributed by atoms with Crippen LogP contribution in [0.25, 0.3) is 22.1 Å². The van der Waals surface area contributed by atoms with Crippen molar-refractivity contribution >= 4 is 11.0 Å². The number of furan rings is 1. The summed E-state index contributed by atoms with van der Waals surface area (Å²) in [4.78, 5) is 0. The molecule has 0 fully saturated rings. The fourth-order valence-electron chi connectivity index (χ4n) is 5.25. The van der Waals surface area contributed by atoms with Gasteiger partial charge in [0.15, 0.2) is 0 Å². The third-order valence-corrected chi connectivity index (χ3v) is 6.70. The van der Waals surface area contributed by atoms with E-state index in [1.54, 1.807) is 6.26 Å². The number of hydrogen-bond acceptors (Lipinski definition) is 1.